The highest BCUT2D eigenvalue weighted by Gasteiger charge is 2.29. The van der Waals surface area contributed by atoms with Crippen molar-refractivity contribution in [1.29, 1.82) is 0 Å². The van der Waals surface area contributed by atoms with Crippen LogP contribution in [0.4, 0.5) is 5.69 Å². The quantitative estimate of drug-likeness (QED) is 0.428. The number of aromatic nitrogens is 2. The number of nitrogens with zero attached hydrogens (tertiary/aromatic N) is 3. The van der Waals surface area contributed by atoms with E-state index in [9.17, 15) is 14.4 Å². The van der Waals surface area contributed by atoms with E-state index in [-0.39, 0.29) is 11.8 Å². The molecule has 2 fully saturated rings. The maximum absolute atomic E-state index is 12.8. The Hall–Kier alpha value is -3.11. The summed E-state index contributed by atoms with van der Waals surface area (Å²) in [7, 11) is 0. The van der Waals surface area contributed by atoms with Crippen molar-refractivity contribution in [2.24, 2.45) is 0 Å². The SMILES string of the molecule is O=C(Nc1ccc(CC(=O)N2CCSCC2)cc1)C(=O)N1CCC(c2ncc(-c3ccc(Br)cc3)[nH]2)CC1. The Morgan fingerprint density at radius 1 is 0.947 bits per heavy atom. The Balaban J connectivity index is 1.10. The first-order valence-electron chi connectivity index (χ1n) is 12.8. The minimum Gasteiger partial charge on any atom is -0.342 e. The van der Waals surface area contributed by atoms with Crippen molar-refractivity contribution >= 4 is 51.1 Å². The number of hydrogen-bond donors (Lipinski definition) is 2. The largest absolute Gasteiger partial charge is 0.342 e. The summed E-state index contributed by atoms with van der Waals surface area (Å²) in [5.41, 5.74) is 3.46. The van der Waals surface area contributed by atoms with Gasteiger partial charge in [-0.25, -0.2) is 4.98 Å². The number of benzene rings is 2. The number of hydrogen-bond acceptors (Lipinski definition) is 5. The van der Waals surface area contributed by atoms with Gasteiger partial charge >= 0.3 is 11.8 Å². The van der Waals surface area contributed by atoms with Crippen LogP contribution in [0.5, 0.6) is 0 Å². The summed E-state index contributed by atoms with van der Waals surface area (Å²) < 4.78 is 1.03. The molecule has 2 N–H and O–H groups in total. The summed E-state index contributed by atoms with van der Waals surface area (Å²) in [6.07, 6.45) is 3.67. The zero-order chi connectivity index (χ0) is 26.5. The van der Waals surface area contributed by atoms with Crippen LogP contribution in [0.15, 0.2) is 59.2 Å². The Bertz CT molecular complexity index is 1280. The van der Waals surface area contributed by atoms with Crippen LogP contribution in [0.25, 0.3) is 11.3 Å². The highest BCUT2D eigenvalue weighted by molar-refractivity contribution is 9.10. The van der Waals surface area contributed by atoms with Crippen molar-refractivity contribution in [3.05, 3.63) is 70.6 Å². The monoisotopic (exact) mass is 595 g/mol. The van der Waals surface area contributed by atoms with Gasteiger partial charge in [0.15, 0.2) is 0 Å². The average molecular weight is 597 g/mol. The molecule has 0 aliphatic carbocycles. The molecule has 198 valence electrons. The van der Waals surface area contributed by atoms with Crippen molar-refractivity contribution in [1.82, 2.24) is 19.8 Å². The molecule has 3 aromatic rings. The lowest BCUT2D eigenvalue weighted by molar-refractivity contribution is -0.143. The third kappa shape index (κ3) is 6.47. The number of thioether (sulfide) groups is 1. The molecule has 38 heavy (non-hydrogen) atoms. The second kappa shape index (κ2) is 12.2. The molecule has 2 aliphatic rings. The predicted octanol–water partition coefficient (Wildman–Crippen LogP) is 4.30. The number of carbonyl (C=O) groups is 3. The minimum absolute atomic E-state index is 0.125. The lowest BCUT2D eigenvalue weighted by Crippen LogP contribution is -2.43. The third-order valence-corrected chi connectivity index (χ3v) is 8.52. The van der Waals surface area contributed by atoms with E-state index in [0.29, 0.717) is 25.2 Å². The molecule has 8 nitrogen and oxygen atoms in total. The van der Waals surface area contributed by atoms with Crippen molar-refractivity contribution < 1.29 is 14.4 Å². The maximum atomic E-state index is 12.8. The van der Waals surface area contributed by atoms with E-state index >= 15 is 0 Å². The van der Waals surface area contributed by atoms with E-state index in [0.717, 1.165) is 64.6 Å². The Morgan fingerprint density at radius 3 is 2.32 bits per heavy atom. The van der Waals surface area contributed by atoms with Gasteiger partial charge in [0.2, 0.25) is 5.91 Å². The van der Waals surface area contributed by atoms with E-state index in [2.05, 4.69) is 31.2 Å². The summed E-state index contributed by atoms with van der Waals surface area (Å²) >= 11 is 5.33. The molecule has 0 bridgehead atoms. The molecule has 3 heterocycles. The highest BCUT2D eigenvalue weighted by Crippen LogP contribution is 2.28. The van der Waals surface area contributed by atoms with Gasteiger partial charge in [0.1, 0.15) is 5.82 Å². The summed E-state index contributed by atoms with van der Waals surface area (Å²) in [4.78, 5) is 49.4. The van der Waals surface area contributed by atoms with Crippen LogP contribution in [0.2, 0.25) is 0 Å². The molecule has 2 saturated heterocycles. The number of piperidine rings is 1. The third-order valence-electron chi connectivity index (χ3n) is 7.04. The van der Waals surface area contributed by atoms with Gasteiger partial charge in [0.25, 0.3) is 0 Å². The summed E-state index contributed by atoms with van der Waals surface area (Å²) in [6.45, 7) is 2.60. The van der Waals surface area contributed by atoms with Crippen molar-refractivity contribution in [3.8, 4) is 11.3 Å². The number of imidazole rings is 1. The summed E-state index contributed by atoms with van der Waals surface area (Å²) in [5.74, 6) is 2.05. The Labute approximate surface area is 234 Å². The molecule has 2 aromatic carbocycles. The first-order chi connectivity index (χ1) is 18.5. The van der Waals surface area contributed by atoms with Crippen LogP contribution in [-0.2, 0) is 20.8 Å². The maximum Gasteiger partial charge on any atom is 0.313 e. The van der Waals surface area contributed by atoms with Crippen molar-refractivity contribution in [2.75, 3.05) is 43.0 Å². The van der Waals surface area contributed by atoms with Crippen LogP contribution < -0.4 is 5.32 Å². The van der Waals surface area contributed by atoms with Crippen LogP contribution in [0.3, 0.4) is 0 Å². The predicted molar refractivity (Wildman–Crippen MR) is 153 cm³/mol. The number of nitrogens with one attached hydrogen (secondary N) is 2. The normalized spacial score (nSPS) is 16.3. The fourth-order valence-corrected chi connectivity index (χ4v) is 5.98. The Morgan fingerprint density at radius 2 is 1.63 bits per heavy atom. The molecule has 3 amide bonds. The number of carbonyl (C=O) groups excluding carboxylic acids is 3. The second-order valence-electron chi connectivity index (χ2n) is 9.58. The van der Waals surface area contributed by atoms with Gasteiger partial charge in [-0.3, -0.25) is 14.4 Å². The fraction of sp³-hybridized carbons (Fsp3) is 0.357. The molecule has 10 heteroatoms. The number of rotatable bonds is 5. The van der Waals surface area contributed by atoms with Gasteiger partial charge in [-0.05, 0) is 48.2 Å². The molecular weight excluding hydrogens is 566 g/mol. The van der Waals surface area contributed by atoms with Gasteiger partial charge in [-0.1, -0.05) is 40.2 Å². The highest BCUT2D eigenvalue weighted by atomic mass is 79.9. The molecular formula is C28H30BrN5O3S. The van der Waals surface area contributed by atoms with E-state index in [1.807, 2.05) is 59.3 Å². The molecule has 1 aromatic heterocycles. The molecule has 0 radical (unpaired) electrons. The fourth-order valence-electron chi connectivity index (χ4n) is 4.81. The smallest absolute Gasteiger partial charge is 0.313 e. The van der Waals surface area contributed by atoms with Gasteiger partial charge < -0.3 is 20.1 Å². The topological polar surface area (TPSA) is 98.4 Å². The number of aromatic amines is 1. The molecule has 5 rings (SSSR count). The van der Waals surface area contributed by atoms with Crippen molar-refractivity contribution in [3.63, 3.8) is 0 Å². The zero-order valence-corrected chi connectivity index (χ0v) is 23.4. The van der Waals surface area contributed by atoms with Gasteiger partial charge in [0, 0.05) is 53.8 Å². The Kier molecular flexibility index (Phi) is 8.48. The number of H-pyrrole nitrogens is 1. The van der Waals surface area contributed by atoms with E-state index in [1.165, 1.54) is 0 Å². The van der Waals surface area contributed by atoms with Gasteiger partial charge in [-0.2, -0.15) is 11.8 Å². The van der Waals surface area contributed by atoms with Crippen molar-refractivity contribution in [2.45, 2.75) is 25.2 Å². The molecule has 0 atom stereocenters. The van der Waals surface area contributed by atoms with Crippen LogP contribution in [0.1, 0.15) is 30.1 Å². The van der Waals surface area contributed by atoms with E-state index < -0.39 is 11.8 Å². The molecule has 0 spiro atoms. The van der Waals surface area contributed by atoms with Gasteiger partial charge in [-0.15, -0.1) is 0 Å². The van der Waals surface area contributed by atoms with Crippen LogP contribution >= 0.6 is 27.7 Å². The van der Waals surface area contributed by atoms with E-state index in [1.54, 1.807) is 17.0 Å². The number of halogens is 1. The summed E-state index contributed by atoms with van der Waals surface area (Å²) in [5, 5.41) is 2.70. The molecule has 0 unspecified atom stereocenters. The minimum atomic E-state index is -0.645. The second-order valence-corrected chi connectivity index (χ2v) is 11.7. The van der Waals surface area contributed by atoms with Crippen LogP contribution in [-0.4, -0.2) is 75.2 Å². The lowest BCUT2D eigenvalue weighted by atomic mass is 9.96. The average Bonchev–Trinajstić information content (AvgIpc) is 3.45. The zero-order valence-electron chi connectivity index (χ0n) is 21.0. The first kappa shape index (κ1) is 26.5. The number of amides is 3. The van der Waals surface area contributed by atoms with Crippen LogP contribution in [0, 0.1) is 0 Å². The van der Waals surface area contributed by atoms with E-state index in [4.69, 9.17) is 0 Å². The number of anilines is 1. The lowest BCUT2D eigenvalue weighted by Gasteiger charge is -2.30. The molecule has 2 aliphatic heterocycles. The summed E-state index contributed by atoms with van der Waals surface area (Å²) in [6, 6.07) is 15.2. The van der Waals surface area contributed by atoms with Gasteiger partial charge in [0.05, 0.1) is 18.3 Å². The molecule has 0 saturated carbocycles. The first-order valence-corrected chi connectivity index (χ1v) is 14.8. The standard InChI is InChI=1S/C28H30BrN5O3S/c29-22-5-3-20(4-6-22)24-18-30-26(32-24)21-9-11-34(12-10-21)28(37)27(36)31-23-7-1-19(2-8-23)17-25(35)33-13-15-38-16-14-33/h1-8,18,21H,9-17H2,(H,30,32)(H,31,36). The number of likely N-dealkylation sites (tertiary alicyclic amines) is 1.